The first-order valence-electron chi connectivity index (χ1n) is 10.3. The molecule has 33 heavy (non-hydrogen) atoms. The molecule has 0 fully saturated rings. The fraction of sp³-hybridized carbons (Fsp3) is 0.750. The minimum atomic E-state index is -1.38. The fourth-order valence-electron chi connectivity index (χ4n) is 2.71. The minimum Gasteiger partial charge on any atom is -0.480 e. The number of likely N-dealkylation sites (N-methyl/N-ethyl adjacent to an activating group) is 4. The Morgan fingerprint density at radius 3 is 1.67 bits per heavy atom. The summed E-state index contributed by atoms with van der Waals surface area (Å²) in [5, 5.41) is 31.2. The molecule has 2 atom stereocenters. The maximum Gasteiger partial charge on any atom is 0.323 e. The van der Waals surface area contributed by atoms with Crippen molar-refractivity contribution in [2.75, 3.05) is 61.0 Å². The number of amides is 4. The van der Waals surface area contributed by atoms with Gasteiger partial charge in [-0.3, -0.25) is 24.0 Å². The van der Waals surface area contributed by atoms with E-state index in [4.69, 9.17) is 5.11 Å². The van der Waals surface area contributed by atoms with Gasteiger partial charge in [0.1, 0.15) is 18.6 Å². The van der Waals surface area contributed by atoms with Crippen molar-refractivity contribution in [3.05, 3.63) is 0 Å². The predicted octanol–water partition coefficient (Wildman–Crippen LogP) is -2.99. The maximum absolute atomic E-state index is 12.9. The van der Waals surface area contributed by atoms with Crippen LogP contribution in [0.25, 0.3) is 0 Å². The zero-order valence-corrected chi connectivity index (χ0v) is 20.4. The van der Waals surface area contributed by atoms with Crippen LogP contribution < -0.4 is 5.32 Å². The third-order valence-corrected chi connectivity index (χ3v) is 4.91. The number of rotatable bonds is 12. The standard InChI is InChI=1S/C20H37N5O8/c1-20(2,3)21-8-15(28)24(6)14(12-27)19(33)25(7)13(11-26)18(32)23(5)9-16(29)22(4)10-17(30)31/h13-14,21,26-27H,8-12H2,1-7H3,(H,30,31)/t13-,14-/m0/s1. The van der Waals surface area contributed by atoms with Crippen molar-refractivity contribution in [1.29, 1.82) is 0 Å². The van der Waals surface area contributed by atoms with Gasteiger partial charge in [-0.2, -0.15) is 0 Å². The van der Waals surface area contributed by atoms with Crippen LogP contribution in [0.5, 0.6) is 0 Å². The average molecular weight is 476 g/mol. The van der Waals surface area contributed by atoms with Crippen molar-refractivity contribution in [3.8, 4) is 0 Å². The number of nitrogens with zero attached hydrogens (tertiary/aromatic N) is 4. The first-order chi connectivity index (χ1) is 15.1. The summed E-state index contributed by atoms with van der Waals surface area (Å²) in [5.41, 5.74) is -0.346. The minimum absolute atomic E-state index is 0.0788. The smallest absolute Gasteiger partial charge is 0.323 e. The molecule has 0 aliphatic carbocycles. The molecule has 13 nitrogen and oxygen atoms in total. The van der Waals surface area contributed by atoms with Gasteiger partial charge < -0.3 is 40.2 Å². The third kappa shape index (κ3) is 9.72. The quantitative estimate of drug-likeness (QED) is 0.230. The van der Waals surface area contributed by atoms with Gasteiger partial charge in [0.25, 0.3) is 0 Å². The molecule has 0 aliphatic rings. The highest BCUT2D eigenvalue weighted by molar-refractivity contribution is 5.93. The van der Waals surface area contributed by atoms with E-state index >= 15 is 0 Å². The van der Waals surface area contributed by atoms with E-state index in [0.29, 0.717) is 0 Å². The van der Waals surface area contributed by atoms with Crippen molar-refractivity contribution in [2.45, 2.75) is 38.4 Å². The van der Waals surface area contributed by atoms with Crippen molar-refractivity contribution >= 4 is 29.6 Å². The van der Waals surface area contributed by atoms with Gasteiger partial charge in [0.05, 0.1) is 26.3 Å². The lowest BCUT2D eigenvalue weighted by Gasteiger charge is -2.34. The van der Waals surface area contributed by atoms with Gasteiger partial charge in [-0.15, -0.1) is 0 Å². The van der Waals surface area contributed by atoms with Gasteiger partial charge in [0, 0.05) is 33.7 Å². The van der Waals surface area contributed by atoms with Crippen LogP contribution in [0.3, 0.4) is 0 Å². The summed E-state index contributed by atoms with van der Waals surface area (Å²) in [6, 6.07) is -2.68. The monoisotopic (exact) mass is 475 g/mol. The lowest BCUT2D eigenvalue weighted by Crippen LogP contribution is -2.58. The topological polar surface area (TPSA) is 171 Å². The molecule has 0 aromatic rings. The molecule has 0 saturated carbocycles. The predicted molar refractivity (Wildman–Crippen MR) is 118 cm³/mol. The third-order valence-electron chi connectivity index (χ3n) is 4.91. The Balaban J connectivity index is 5.32. The molecule has 0 rings (SSSR count). The number of nitrogens with one attached hydrogen (secondary N) is 1. The van der Waals surface area contributed by atoms with E-state index in [9.17, 15) is 34.2 Å². The van der Waals surface area contributed by atoms with E-state index in [0.717, 1.165) is 19.6 Å². The normalized spacial score (nSPS) is 13.0. The highest BCUT2D eigenvalue weighted by atomic mass is 16.4. The van der Waals surface area contributed by atoms with Gasteiger partial charge in [0.15, 0.2) is 0 Å². The summed E-state index contributed by atoms with van der Waals surface area (Å²) in [6.07, 6.45) is 0. The molecule has 0 saturated heterocycles. The van der Waals surface area contributed by atoms with Crippen LogP contribution in [-0.4, -0.2) is 143 Å². The van der Waals surface area contributed by atoms with Crippen LogP contribution in [0.1, 0.15) is 20.8 Å². The molecule has 4 amide bonds. The summed E-state index contributed by atoms with van der Waals surface area (Å²) in [4.78, 5) is 64.8. The molecule has 0 aliphatic heterocycles. The van der Waals surface area contributed by atoms with Crippen LogP contribution >= 0.6 is 0 Å². The number of aliphatic hydroxyl groups excluding tert-OH is 2. The van der Waals surface area contributed by atoms with E-state index in [1.165, 1.54) is 28.2 Å². The van der Waals surface area contributed by atoms with E-state index in [2.05, 4.69) is 5.32 Å². The van der Waals surface area contributed by atoms with Crippen LogP contribution in [0.2, 0.25) is 0 Å². The van der Waals surface area contributed by atoms with E-state index in [1.54, 1.807) is 0 Å². The number of carboxylic acids is 1. The molecular formula is C20H37N5O8. The summed E-state index contributed by atoms with van der Waals surface area (Å²) < 4.78 is 0. The average Bonchev–Trinajstić information content (AvgIpc) is 2.71. The van der Waals surface area contributed by atoms with Crippen molar-refractivity contribution in [1.82, 2.24) is 24.9 Å². The summed E-state index contributed by atoms with van der Waals surface area (Å²) in [6.45, 7) is 3.01. The van der Waals surface area contributed by atoms with Crippen molar-refractivity contribution in [3.63, 3.8) is 0 Å². The molecule has 0 bridgehead atoms. The molecule has 0 heterocycles. The molecule has 0 aromatic heterocycles. The lowest BCUT2D eigenvalue weighted by atomic mass is 10.1. The lowest BCUT2D eigenvalue weighted by molar-refractivity contribution is -0.153. The van der Waals surface area contributed by atoms with Gasteiger partial charge in [-0.1, -0.05) is 0 Å². The summed E-state index contributed by atoms with van der Waals surface area (Å²) in [5.74, 6) is -3.87. The Kier molecular flexibility index (Phi) is 12.0. The Hall–Kier alpha value is -2.77. The van der Waals surface area contributed by atoms with E-state index in [-0.39, 0.29) is 12.1 Å². The van der Waals surface area contributed by atoms with E-state index in [1.807, 2.05) is 20.8 Å². The molecule has 13 heteroatoms. The Morgan fingerprint density at radius 1 is 0.758 bits per heavy atom. The highest BCUT2D eigenvalue weighted by Gasteiger charge is 2.35. The van der Waals surface area contributed by atoms with Gasteiger partial charge >= 0.3 is 5.97 Å². The molecule has 190 valence electrons. The number of carbonyl (C=O) groups is 5. The Morgan fingerprint density at radius 2 is 1.24 bits per heavy atom. The number of hydrogen-bond acceptors (Lipinski definition) is 8. The Bertz CT molecular complexity index is 724. The first kappa shape index (κ1) is 30.2. The maximum atomic E-state index is 12.9. The zero-order valence-electron chi connectivity index (χ0n) is 20.4. The van der Waals surface area contributed by atoms with Crippen molar-refractivity contribution in [2.24, 2.45) is 0 Å². The number of hydrogen-bond donors (Lipinski definition) is 4. The van der Waals surface area contributed by atoms with Gasteiger partial charge in [-0.25, -0.2) is 0 Å². The fourth-order valence-corrected chi connectivity index (χ4v) is 2.71. The van der Waals surface area contributed by atoms with Crippen LogP contribution in [0, 0.1) is 0 Å². The van der Waals surface area contributed by atoms with E-state index < -0.39 is 68.0 Å². The van der Waals surface area contributed by atoms with Gasteiger partial charge in [-0.05, 0) is 20.8 Å². The molecule has 0 aromatic carbocycles. The van der Waals surface area contributed by atoms with Crippen LogP contribution in [0.4, 0.5) is 0 Å². The molecule has 0 unspecified atom stereocenters. The first-order valence-corrected chi connectivity index (χ1v) is 10.3. The number of carbonyl (C=O) groups excluding carboxylic acids is 4. The largest absolute Gasteiger partial charge is 0.480 e. The molecular weight excluding hydrogens is 438 g/mol. The SMILES string of the molecule is CN(CC(=O)O)C(=O)CN(C)C(=O)[C@H](CO)N(C)C(=O)[C@H](CO)N(C)C(=O)CNC(C)(C)C. The zero-order chi connectivity index (χ0) is 26.1. The second-order valence-electron chi connectivity index (χ2n) is 8.79. The number of carboxylic acid groups (broad SMARTS) is 1. The number of aliphatic carboxylic acids is 1. The molecule has 0 radical (unpaired) electrons. The summed E-state index contributed by atoms with van der Waals surface area (Å²) >= 11 is 0. The molecule has 0 spiro atoms. The molecule has 4 N–H and O–H groups in total. The highest BCUT2D eigenvalue weighted by Crippen LogP contribution is 2.09. The van der Waals surface area contributed by atoms with Crippen LogP contribution in [0.15, 0.2) is 0 Å². The number of aliphatic hydroxyl groups is 2. The Labute approximate surface area is 193 Å². The van der Waals surface area contributed by atoms with Crippen LogP contribution in [-0.2, 0) is 24.0 Å². The second kappa shape index (κ2) is 13.1. The van der Waals surface area contributed by atoms with Crippen molar-refractivity contribution < 1.29 is 39.3 Å². The van der Waals surface area contributed by atoms with Gasteiger partial charge in [0.2, 0.25) is 23.6 Å². The summed E-state index contributed by atoms with van der Waals surface area (Å²) in [7, 11) is 5.12. The second-order valence-corrected chi connectivity index (χ2v) is 8.79.